The van der Waals surface area contributed by atoms with Crippen molar-refractivity contribution in [2.24, 2.45) is 11.7 Å². The minimum Gasteiger partial charge on any atom is -0.330 e. The summed E-state index contributed by atoms with van der Waals surface area (Å²) in [5.41, 5.74) is 7.27. The Bertz CT molecular complexity index is 292. The molecule has 1 aromatic rings. The van der Waals surface area contributed by atoms with E-state index in [1.165, 1.54) is 5.56 Å². The van der Waals surface area contributed by atoms with E-state index >= 15 is 0 Å². The third kappa shape index (κ3) is 2.18. The van der Waals surface area contributed by atoms with Crippen LogP contribution in [0.25, 0.3) is 0 Å². The van der Waals surface area contributed by atoms with Gasteiger partial charge in [-0.3, -0.25) is 0 Å². The van der Waals surface area contributed by atoms with E-state index in [2.05, 4.69) is 61.0 Å². The quantitative estimate of drug-likeness (QED) is 0.882. The van der Waals surface area contributed by atoms with E-state index in [9.17, 15) is 0 Å². The molecule has 0 fully saturated rings. The SMILES string of the molecule is CC(C)C(C)(CN)c1ccc(Br)cc1. The molecule has 0 aliphatic heterocycles. The maximum absolute atomic E-state index is 5.87. The first-order valence-electron chi connectivity index (χ1n) is 4.97. The molecular weight excluding hydrogens is 238 g/mol. The molecule has 0 saturated heterocycles. The highest BCUT2D eigenvalue weighted by molar-refractivity contribution is 9.10. The van der Waals surface area contributed by atoms with Crippen molar-refractivity contribution in [3.05, 3.63) is 34.3 Å². The average molecular weight is 256 g/mol. The van der Waals surface area contributed by atoms with E-state index in [4.69, 9.17) is 5.73 Å². The Kier molecular flexibility index (Phi) is 3.73. The van der Waals surface area contributed by atoms with Gasteiger partial charge in [-0.05, 0) is 23.6 Å². The molecule has 0 heterocycles. The van der Waals surface area contributed by atoms with Gasteiger partial charge in [-0.2, -0.15) is 0 Å². The van der Waals surface area contributed by atoms with Crippen molar-refractivity contribution in [1.82, 2.24) is 0 Å². The first kappa shape index (κ1) is 11.7. The van der Waals surface area contributed by atoms with E-state index in [-0.39, 0.29) is 5.41 Å². The molecule has 0 radical (unpaired) electrons. The molecule has 78 valence electrons. The Balaban J connectivity index is 3.06. The molecule has 0 amide bonds. The molecule has 0 aliphatic rings. The highest BCUT2D eigenvalue weighted by Gasteiger charge is 2.28. The molecule has 0 saturated carbocycles. The fourth-order valence-corrected chi connectivity index (χ4v) is 1.78. The molecule has 0 spiro atoms. The van der Waals surface area contributed by atoms with Gasteiger partial charge in [0.15, 0.2) is 0 Å². The van der Waals surface area contributed by atoms with Crippen LogP contribution in [0.15, 0.2) is 28.7 Å². The van der Waals surface area contributed by atoms with Crippen molar-refractivity contribution >= 4 is 15.9 Å². The van der Waals surface area contributed by atoms with Gasteiger partial charge in [0.2, 0.25) is 0 Å². The maximum atomic E-state index is 5.87. The summed E-state index contributed by atoms with van der Waals surface area (Å²) in [4.78, 5) is 0. The highest BCUT2D eigenvalue weighted by Crippen LogP contribution is 2.31. The second-order valence-electron chi connectivity index (χ2n) is 4.28. The van der Waals surface area contributed by atoms with Crippen molar-refractivity contribution in [2.75, 3.05) is 6.54 Å². The molecule has 14 heavy (non-hydrogen) atoms. The Morgan fingerprint density at radius 1 is 1.29 bits per heavy atom. The summed E-state index contributed by atoms with van der Waals surface area (Å²) < 4.78 is 1.12. The van der Waals surface area contributed by atoms with Crippen molar-refractivity contribution in [2.45, 2.75) is 26.2 Å². The average Bonchev–Trinajstić information content (AvgIpc) is 2.17. The van der Waals surface area contributed by atoms with Crippen LogP contribution in [0.5, 0.6) is 0 Å². The summed E-state index contributed by atoms with van der Waals surface area (Å²) in [5.74, 6) is 0.550. The number of nitrogens with two attached hydrogens (primary N) is 1. The first-order chi connectivity index (χ1) is 6.50. The summed E-state index contributed by atoms with van der Waals surface area (Å²) in [6, 6.07) is 8.45. The van der Waals surface area contributed by atoms with Crippen LogP contribution in [-0.4, -0.2) is 6.54 Å². The summed E-state index contributed by atoms with van der Waals surface area (Å²) in [5, 5.41) is 0. The molecule has 2 heteroatoms. The Morgan fingerprint density at radius 2 is 1.79 bits per heavy atom. The van der Waals surface area contributed by atoms with Crippen LogP contribution >= 0.6 is 15.9 Å². The molecule has 1 unspecified atom stereocenters. The zero-order valence-electron chi connectivity index (χ0n) is 9.05. The summed E-state index contributed by atoms with van der Waals surface area (Å²) in [6.07, 6.45) is 0. The van der Waals surface area contributed by atoms with Gasteiger partial charge in [-0.15, -0.1) is 0 Å². The monoisotopic (exact) mass is 255 g/mol. The molecule has 1 rings (SSSR count). The van der Waals surface area contributed by atoms with Gasteiger partial charge >= 0.3 is 0 Å². The van der Waals surface area contributed by atoms with E-state index in [0.717, 1.165) is 4.47 Å². The van der Waals surface area contributed by atoms with Crippen LogP contribution in [0.1, 0.15) is 26.3 Å². The lowest BCUT2D eigenvalue weighted by Gasteiger charge is -2.33. The van der Waals surface area contributed by atoms with Gasteiger partial charge in [-0.25, -0.2) is 0 Å². The largest absolute Gasteiger partial charge is 0.330 e. The molecule has 1 nitrogen and oxygen atoms in total. The van der Waals surface area contributed by atoms with Crippen molar-refractivity contribution in [3.8, 4) is 0 Å². The van der Waals surface area contributed by atoms with Gasteiger partial charge in [0.25, 0.3) is 0 Å². The summed E-state index contributed by atoms with van der Waals surface area (Å²) in [6.45, 7) is 7.34. The number of hydrogen-bond donors (Lipinski definition) is 1. The van der Waals surface area contributed by atoms with E-state index in [0.29, 0.717) is 12.5 Å². The van der Waals surface area contributed by atoms with Crippen LogP contribution in [0.2, 0.25) is 0 Å². The molecule has 0 bridgehead atoms. The molecule has 1 aromatic carbocycles. The zero-order valence-corrected chi connectivity index (χ0v) is 10.6. The second-order valence-corrected chi connectivity index (χ2v) is 5.20. The van der Waals surface area contributed by atoms with Crippen molar-refractivity contribution < 1.29 is 0 Å². The highest BCUT2D eigenvalue weighted by atomic mass is 79.9. The standard InChI is InChI=1S/C12H18BrN/c1-9(2)12(3,8-14)10-4-6-11(13)7-5-10/h4-7,9H,8,14H2,1-3H3. The predicted octanol–water partition coefficient (Wildman–Crippen LogP) is 3.32. The van der Waals surface area contributed by atoms with Crippen LogP contribution in [-0.2, 0) is 5.41 Å². The summed E-state index contributed by atoms with van der Waals surface area (Å²) >= 11 is 3.44. The maximum Gasteiger partial charge on any atom is 0.0175 e. The number of hydrogen-bond acceptors (Lipinski definition) is 1. The van der Waals surface area contributed by atoms with Crippen LogP contribution in [0, 0.1) is 5.92 Å². The second kappa shape index (κ2) is 4.45. The third-order valence-electron chi connectivity index (χ3n) is 3.20. The predicted molar refractivity (Wildman–Crippen MR) is 65.4 cm³/mol. The smallest absolute Gasteiger partial charge is 0.0175 e. The van der Waals surface area contributed by atoms with Gasteiger partial charge in [0.05, 0.1) is 0 Å². The lowest BCUT2D eigenvalue weighted by Crippen LogP contribution is -2.36. The normalized spacial score (nSPS) is 15.6. The van der Waals surface area contributed by atoms with Crippen LogP contribution in [0.4, 0.5) is 0 Å². The van der Waals surface area contributed by atoms with Crippen molar-refractivity contribution in [1.29, 1.82) is 0 Å². The van der Waals surface area contributed by atoms with Crippen molar-refractivity contribution in [3.63, 3.8) is 0 Å². The number of halogens is 1. The first-order valence-corrected chi connectivity index (χ1v) is 5.76. The third-order valence-corrected chi connectivity index (χ3v) is 3.73. The summed E-state index contributed by atoms with van der Waals surface area (Å²) in [7, 11) is 0. The van der Waals surface area contributed by atoms with Gasteiger partial charge < -0.3 is 5.73 Å². The molecule has 2 N–H and O–H groups in total. The molecule has 0 aliphatic carbocycles. The van der Waals surface area contributed by atoms with Gasteiger partial charge in [0.1, 0.15) is 0 Å². The van der Waals surface area contributed by atoms with E-state index < -0.39 is 0 Å². The Hall–Kier alpha value is -0.340. The Labute approximate surface area is 94.8 Å². The minimum absolute atomic E-state index is 0.0840. The van der Waals surface area contributed by atoms with Crippen LogP contribution < -0.4 is 5.73 Å². The van der Waals surface area contributed by atoms with Crippen LogP contribution in [0.3, 0.4) is 0 Å². The fourth-order valence-electron chi connectivity index (χ4n) is 1.52. The van der Waals surface area contributed by atoms with Gasteiger partial charge in [-0.1, -0.05) is 48.8 Å². The number of benzene rings is 1. The molecule has 0 aromatic heterocycles. The fraction of sp³-hybridized carbons (Fsp3) is 0.500. The molecular formula is C12H18BrN. The lowest BCUT2D eigenvalue weighted by molar-refractivity contribution is 0.347. The number of rotatable bonds is 3. The zero-order chi connectivity index (χ0) is 10.8. The topological polar surface area (TPSA) is 26.0 Å². The van der Waals surface area contributed by atoms with Gasteiger partial charge in [0, 0.05) is 16.4 Å². The Morgan fingerprint density at radius 3 is 2.14 bits per heavy atom. The minimum atomic E-state index is 0.0840. The lowest BCUT2D eigenvalue weighted by atomic mass is 9.73. The van der Waals surface area contributed by atoms with E-state index in [1.807, 2.05) is 0 Å². The molecule has 1 atom stereocenters. The van der Waals surface area contributed by atoms with E-state index in [1.54, 1.807) is 0 Å².